The van der Waals surface area contributed by atoms with E-state index >= 15 is 0 Å². The fourth-order valence-corrected chi connectivity index (χ4v) is 3.47. The molecule has 1 atom stereocenters. The lowest BCUT2D eigenvalue weighted by molar-refractivity contribution is 0.0622. The normalized spacial score (nSPS) is 16.8. The number of benzene rings is 1. The van der Waals surface area contributed by atoms with Gasteiger partial charge >= 0.3 is 0 Å². The third-order valence-electron chi connectivity index (χ3n) is 4.69. The summed E-state index contributed by atoms with van der Waals surface area (Å²) in [6.07, 6.45) is 4.64. The fourth-order valence-electron chi connectivity index (χ4n) is 3.27. The summed E-state index contributed by atoms with van der Waals surface area (Å²) in [4.78, 5) is 26.9. The van der Waals surface area contributed by atoms with E-state index in [0.29, 0.717) is 30.2 Å². The first kappa shape index (κ1) is 20.5. The summed E-state index contributed by atoms with van der Waals surface area (Å²) in [6, 6.07) is 10.5. The van der Waals surface area contributed by atoms with Crippen LogP contribution in [0.25, 0.3) is 0 Å². The Bertz CT molecular complexity index is 822. The Labute approximate surface area is 164 Å². The van der Waals surface area contributed by atoms with Crippen LogP contribution in [-0.4, -0.2) is 34.5 Å². The lowest BCUT2D eigenvalue weighted by Gasteiger charge is -2.35. The third-order valence-corrected chi connectivity index (χ3v) is 5.06. The standard InChI is InChI=1S/C19H22ClN3O2.ClH/c20-17-7-2-1-5-14(17)12-22-13-15(8-9-18(22)24)19(25)23-10-4-3-6-16(23)11-21;/h1-2,5,7-9,13,16H,3-4,6,10-12,21H2;1H. The average molecular weight is 396 g/mol. The van der Waals surface area contributed by atoms with E-state index in [9.17, 15) is 9.59 Å². The lowest BCUT2D eigenvalue weighted by atomic mass is 10.0. The Morgan fingerprint density at radius 2 is 1.96 bits per heavy atom. The lowest BCUT2D eigenvalue weighted by Crippen LogP contribution is -2.47. The van der Waals surface area contributed by atoms with E-state index in [1.54, 1.807) is 18.3 Å². The number of hydrogen-bond acceptors (Lipinski definition) is 3. The second-order valence-corrected chi connectivity index (χ2v) is 6.77. The Morgan fingerprint density at radius 3 is 2.69 bits per heavy atom. The van der Waals surface area contributed by atoms with Crippen LogP contribution < -0.4 is 11.3 Å². The molecule has 3 rings (SSSR count). The number of halogens is 2. The number of amides is 1. The minimum atomic E-state index is -0.162. The van der Waals surface area contributed by atoms with Crippen molar-refractivity contribution in [1.29, 1.82) is 0 Å². The smallest absolute Gasteiger partial charge is 0.255 e. The molecule has 0 radical (unpaired) electrons. The Kier molecular flexibility index (Phi) is 7.26. The van der Waals surface area contributed by atoms with Crippen LogP contribution in [0.3, 0.4) is 0 Å². The molecule has 1 aliphatic rings. The maximum absolute atomic E-state index is 12.9. The molecule has 1 aliphatic heterocycles. The van der Waals surface area contributed by atoms with Gasteiger partial charge in [0.2, 0.25) is 0 Å². The summed E-state index contributed by atoms with van der Waals surface area (Å²) in [7, 11) is 0. The highest BCUT2D eigenvalue weighted by Gasteiger charge is 2.26. The maximum atomic E-state index is 12.9. The summed E-state index contributed by atoms with van der Waals surface area (Å²) < 4.78 is 1.52. The monoisotopic (exact) mass is 395 g/mol. The van der Waals surface area contributed by atoms with Crippen molar-refractivity contribution in [2.24, 2.45) is 5.73 Å². The zero-order valence-electron chi connectivity index (χ0n) is 14.4. The summed E-state index contributed by atoms with van der Waals surface area (Å²) in [5, 5.41) is 0.602. The largest absolute Gasteiger partial charge is 0.334 e. The first-order valence-corrected chi connectivity index (χ1v) is 8.93. The van der Waals surface area contributed by atoms with Crippen molar-refractivity contribution >= 4 is 29.9 Å². The van der Waals surface area contributed by atoms with Gasteiger partial charge < -0.3 is 15.2 Å². The van der Waals surface area contributed by atoms with Gasteiger partial charge in [0.05, 0.1) is 12.1 Å². The predicted octanol–water partition coefficient (Wildman–Crippen LogP) is 2.93. The molecule has 0 spiro atoms. The van der Waals surface area contributed by atoms with Gasteiger partial charge in [-0.25, -0.2) is 0 Å². The quantitative estimate of drug-likeness (QED) is 0.864. The van der Waals surface area contributed by atoms with E-state index < -0.39 is 0 Å². The zero-order valence-corrected chi connectivity index (χ0v) is 16.0. The second-order valence-electron chi connectivity index (χ2n) is 6.36. The van der Waals surface area contributed by atoms with Gasteiger partial charge in [-0.15, -0.1) is 12.4 Å². The van der Waals surface area contributed by atoms with E-state index in [2.05, 4.69) is 0 Å². The van der Waals surface area contributed by atoms with Gasteiger partial charge in [0.1, 0.15) is 0 Å². The molecule has 1 unspecified atom stereocenters. The van der Waals surface area contributed by atoms with Gasteiger partial charge in [-0.1, -0.05) is 29.8 Å². The number of carbonyl (C=O) groups is 1. The van der Waals surface area contributed by atoms with Crippen molar-refractivity contribution < 1.29 is 4.79 Å². The molecular formula is C19H23Cl2N3O2. The molecule has 0 bridgehead atoms. The van der Waals surface area contributed by atoms with Crippen molar-refractivity contribution in [3.8, 4) is 0 Å². The second kappa shape index (κ2) is 9.21. The van der Waals surface area contributed by atoms with Crippen LogP contribution in [-0.2, 0) is 6.54 Å². The number of likely N-dealkylation sites (tertiary alicyclic amines) is 1. The highest BCUT2D eigenvalue weighted by atomic mass is 35.5. The van der Waals surface area contributed by atoms with E-state index in [0.717, 1.165) is 24.8 Å². The van der Waals surface area contributed by atoms with Gasteiger partial charge in [-0.05, 0) is 37.0 Å². The number of pyridine rings is 1. The van der Waals surface area contributed by atoms with E-state index in [-0.39, 0.29) is 29.9 Å². The van der Waals surface area contributed by atoms with Crippen LogP contribution in [0.2, 0.25) is 5.02 Å². The minimum Gasteiger partial charge on any atom is -0.334 e. The van der Waals surface area contributed by atoms with Crippen LogP contribution >= 0.6 is 24.0 Å². The highest BCUT2D eigenvalue weighted by molar-refractivity contribution is 6.31. The number of nitrogens with zero attached hydrogens (tertiary/aromatic N) is 2. The van der Waals surface area contributed by atoms with Gasteiger partial charge in [0.25, 0.3) is 11.5 Å². The number of nitrogens with two attached hydrogens (primary N) is 1. The number of aromatic nitrogens is 1. The van der Waals surface area contributed by atoms with Crippen molar-refractivity contribution in [3.05, 3.63) is 69.1 Å². The Balaban J connectivity index is 0.00000243. The summed E-state index contributed by atoms with van der Waals surface area (Å²) in [5.74, 6) is -0.0666. The maximum Gasteiger partial charge on any atom is 0.255 e. The van der Waals surface area contributed by atoms with E-state index in [4.69, 9.17) is 17.3 Å². The molecule has 2 N–H and O–H groups in total. The summed E-state index contributed by atoms with van der Waals surface area (Å²) in [6.45, 7) is 1.51. The predicted molar refractivity (Wildman–Crippen MR) is 106 cm³/mol. The van der Waals surface area contributed by atoms with Crippen molar-refractivity contribution in [1.82, 2.24) is 9.47 Å². The average Bonchev–Trinajstić information content (AvgIpc) is 2.64. The Morgan fingerprint density at radius 1 is 1.19 bits per heavy atom. The van der Waals surface area contributed by atoms with Crippen LogP contribution in [0.1, 0.15) is 35.2 Å². The molecule has 2 heterocycles. The number of piperidine rings is 1. The molecule has 2 aromatic rings. The molecule has 1 fully saturated rings. The van der Waals surface area contributed by atoms with Gasteiger partial charge in [-0.3, -0.25) is 9.59 Å². The summed E-state index contributed by atoms with van der Waals surface area (Å²) in [5.41, 5.74) is 7.00. The molecule has 0 aliphatic carbocycles. The third kappa shape index (κ3) is 4.47. The van der Waals surface area contributed by atoms with Gasteiger partial charge in [0, 0.05) is 36.4 Å². The number of hydrogen-bond donors (Lipinski definition) is 1. The van der Waals surface area contributed by atoms with Crippen LogP contribution in [0.15, 0.2) is 47.4 Å². The van der Waals surface area contributed by atoms with Crippen LogP contribution in [0.4, 0.5) is 0 Å². The molecule has 1 aromatic carbocycles. The van der Waals surface area contributed by atoms with E-state index in [1.807, 2.05) is 23.1 Å². The molecule has 1 aromatic heterocycles. The van der Waals surface area contributed by atoms with Crippen LogP contribution in [0, 0.1) is 0 Å². The first-order valence-electron chi connectivity index (χ1n) is 8.55. The number of carbonyl (C=O) groups excluding carboxylic acids is 1. The van der Waals surface area contributed by atoms with Crippen molar-refractivity contribution in [3.63, 3.8) is 0 Å². The molecule has 1 amide bonds. The van der Waals surface area contributed by atoms with E-state index in [1.165, 1.54) is 10.6 Å². The van der Waals surface area contributed by atoms with Crippen molar-refractivity contribution in [2.45, 2.75) is 31.8 Å². The fraction of sp³-hybridized carbons (Fsp3) is 0.368. The zero-order chi connectivity index (χ0) is 17.8. The molecular weight excluding hydrogens is 373 g/mol. The topological polar surface area (TPSA) is 68.3 Å². The molecule has 5 nitrogen and oxygen atoms in total. The molecule has 0 saturated carbocycles. The molecule has 140 valence electrons. The molecule has 26 heavy (non-hydrogen) atoms. The first-order chi connectivity index (χ1) is 12.1. The molecule has 7 heteroatoms. The van der Waals surface area contributed by atoms with Gasteiger partial charge in [-0.2, -0.15) is 0 Å². The highest BCUT2D eigenvalue weighted by Crippen LogP contribution is 2.19. The SMILES string of the molecule is Cl.NCC1CCCCN1C(=O)c1ccc(=O)n(Cc2ccccc2Cl)c1. The van der Waals surface area contributed by atoms with Crippen LogP contribution in [0.5, 0.6) is 0 Å². The molecule has 1 saturated heterocycles. The minimum absolute atomic E-state index is 0. The Hall–Kier alpha value is -1.82. The number of rotatable bonds is 4. The summed E-state index contributed by atoms with van der Waals surface area (Å²) >= 11 is 6.18. The van der Waals surface area contributed by atoms with Crippen molar-refractivity contribution in [2.75, 3.05) is 13.1 Å². The van der Waals surface area contributed by atoms with Gasteiger partial charge in [0.15, 0.2) is 0 Å².